The molecule has 3 saturated heterocycles. The molecule has 0 N–H and O–H groups in total. The van der Waals surface area contributed by atoms with Crippen molar-refractivity contribution in [2.45, 2.75) is 69.7 Å². The largest absolute Gasteiger partial charge is 0.330 e. The summed E-state index contributed by atoms with van der Waals surface area (Å²) in [4.78, 5) is 32.3. The van der Waals surface area contributed by atoms with E-state index in [1.54, 1.807) is 12.1 Å². The SMILES string of the molecule is CC[C@@H](c1ccc(F)cc1)N1C(=O)[C@@H]2C[C@H]1CN2C[C@H](C)C(=O)N1C2C[C@H]2C[C@H]1C#N. The highest BCUT2D eigenvalue weighted by Crippen LogP contribution is 2.48. The smallest absolute Gasteiger partial charge is 0.240 e. The molecule has 0 spiro atoms. The van der Waals surface area contributed by atoms with Crippen LogP contribution in [0, 0.1) is 29.0 Å². The van der Waals surface area contributed by atoms with Crippen molar-refractivity contribution in [3.8, 4) is 6.07 Å². The molecular weight excluding hydrogens is 395 g/mol. The molecule has 164 valence electrons. The Bertz CT molecular complexity index is 929. The molecule has 0 aromatic heterocycles. The molecule has 2 amide bonds. The lowest BCUT2D eigenvalue weighted by atomic mass is 10.0. The van der Waals surface area contributed by atoms with E-state index in [1.807, 2.05) is 16.7 Å². The summed E-state index contributed by atoms with van der Waals surface area (Å²) in [6.45, 7) is 5.30. The first kappa shape index (κ1) is 20.4. The third kappa shape index (κ3) is 3.32. The molecule has 1 aromatic rings. The van der Waals surface area contributed by atoms with Crippen molar-refractivity contribution < 1.29 is 14.0 Å². The lowest BCUT2D eigenvalue weighted by Gasteiger charge is -2.39. The van der Waals surface area contributed by atoms with Crippen LogP contribution in [0.4, 0.5) is 4.39 Å². The molecule has 3 aliphatic heterocycles. The van der Waals surface area contributed by atoms with Gasteiger partial charge in [-0.2, -0.15) is 5.26 Å². The molecule has 1 aromatic carbocycles. The second-order valence-corrected chi connectivity index (χ2v) is 9.67. The monoisotopic (exact) mass is 424 g/mol. The fourth-order valence-electron chi connectivity index (χ4n) is 6.15. The average molecular weight is 425 g/mol. The molecule has 1 saturated carbocycles. The zero-order valence-corrected chi connectivity index (χ0v) is 18.1. The minimum Gasteiger partial charge on any atom is -0.330 e. The second-order valence-electron chi connectivity index (χ2n) is 9.67. The number of hydrogen-bond donors (Lipinski definition) is 0. The molecule has 7 atom stereocenters. The molecule has 6 nitrogen and oxygen atoms in total. The van der Waals surface area contributed by atoms with Gasteiger partial charge in [0.2, 0.25) is 11.8 Å². The number of fused-ring (bicyclic) bond motifs is 3. The van der Waals surface area contributed by atoms with Gasteiger partial charge in [0.05, 0.1) is 18.2 Å². The Morgan fingerprint density at radius 3 is 2.65 bits per heavy atom. The number of benzene rings is 1. The van der Waals surface area contributed by atoms with Crippen LogP contribution in [0.2, 0.25) is 0 Å². The van der Waals surface area contributed by atoms with E-state index in [2.05, 4.69) is 17.9 Å². The summed E-state index contributed by atoms with van der Waals surface area (Å²) in [5.41, 5.74) is 0.968. The van der Waals surface area contributed by atoms with Crippen LogP contribution in [0.3, 0.4) is 0 Å². The number of hydrogen-bond acceptors (Lipinski definition) is 4. The summed E-state index contributed by atoms with van der Waals surface area (Å²) in [7, 11) is 0. The predicted octanol–water partition coefficient (Wildman–Crippen LogP) is 2.71. The lowest BCUT2D eigenvalue weighted by molar-refractivity contribution is -0.142. The van der Waals surface area contributed by atoms with Crippen molar-refractivity contribution in [1.82, 2.24) is 14.7 Å². The Hall–Kier alpha value is -2.46. The van der Waals surface area contributed by atoms with Crippen LogP contribution in [0.5, 0.6) is 0 Å². The van der Waals surface area contributed by atoms with Crippen LogP contribution in [-0.2, 0) is 9.59 Å². The predicted molar refractivity (Wildman–Crippen MR) is 112 cm³/mol. The minimum absolute atomic E-state index is 0.0444. The number of carbonyl (C=O) groups is 2. The lowest BCUT2D eigenvalue weighted by Crippen LogP contribution is -2.53. The van der Waals surface area contributed by atoms with Gasteiger partial charge >= 0.3 is 0 Å². The van der Waals surface area contributed by atoms with Gasteiger partial charge in [-0.05, 0) is 49.3 Å². The van der Waals surface area contributed by atoms with Crippen molar-refractivity contribution in [2.75, 3.05) is 13.1 Å². The number of rotatable bonds is 6. The fourth-order valence-corrected chi connectivity index (χ4v) is 6.15. The van der Waals surface area contributed by atoms with Crippen LogP contribution < -0.4 is 0 Å². The maximum atomic E-state index is 13.3. The summed E-state index contributed by atoms with van der Waals surface area (Å²) in [6, 6.07) is 8.60. The van der Waals surface area contributed by atoms with Crippen molar-refractivity contribution >= 4 is 11.8 Å². The molecule has 0 radical (unpaired) electrons. The highest BCUT2D eigenvalue weighted by atomic mass is 19.1. The molecule has 1 aliphatic carbocycles. The molecule has 31 heavy (non-hydrogen) atoms. The second kappa shape index (κ2) is 7.59. The van der Waals surface area contributed by atoms with Gasteiger partial charge < -0.3 is 9.80 Å². The van der Waals surface area contributed by atoms with Crippen LogP contribution in [0.1, 0.15) is 51.1 Å². The van der Waals surface area contributed by atoms with E-state index in [4.69, 9.17) is 0 Å². The number of amides is 2. The van der Waals surface area contributed by atoms with Gasteiger partial charge in [0.1, 0.15) is 11.9 Å². The first-order valence-corrected chi connectivity index (χ1v) is 11.5. The number of nitriles is 1. The Kier molecular flexibility index (Phi) is 5.01. The minimum atomic E-state index is -0.285. The molecule has 2 bridgehead atoms. The molecule has 7 heteroatoms. The Labute approximate surface area is 182 Å². The number of carbonyl (C=O) groups excluding carboxylic acids is 2. The summed E-state index contributed by atoms with van der Waals surface area (Å²) >= 11 is 0. The van der Waals surface area contributed by atoms with E-state index in [-0.39, 0.29) is 53.8 Å². The van der Waals surface area contributed by atoms with E-state index in [9.17, 15) is 19.2 Å². The third-order valence-corrected chi connectivity index (χ3v) is 7.73. The van der Waals surface area contributed by atoms with E-state index in [0.717, 1.165) is 37.8 Å². The van der Waals surface area contributed by atoms with Crippen LogP contribution in [0.15, 0.2) is 24.3 Å². The van der Waals surface area contributed by atoms with Crippen molar-refractivity contribution in [3.63, 3.8) is 0 Å². The summed E-state index contributed by atoms with van der Waals surface area (Å²) < 4.78 is 13.3. The molecule has 4 fully saturated rings. The molecule has 4 aliphatic rings. The van der Waals surface area contributed by atoms with Crippen molar-refractivity contribution in [1.29, 1.82) is 5.26 Å². The highest BCUT2D eigenvalue weighted by Gasteiger charge is 2.56. The number of halogens is 1. The fraction of sp³-hybridized carbons (Fsp3) is 0.625. The van der Waals surface area contributed by atoms with Crippen molar-refractivity contribution in [3.05, 3.63) is 35.6 Å². The average Bonchev–Trinajstić information content (AvgIpc) is 3.10. The summed E-state index contributed by atoms with van der Waals surface area (Å²) in [5.74, 6) is 0.185. The maximum absolute atomic E-state index is 13.3. The standard InChI is InChI=1S/C24H29FN4O2/c1-3-20(15-4-6-17(25)7-5-15)29-19-10-22(24(29)31)27(13-19)12-14(2)23(30)28-18(11-26)8-16-9-21(16)28/h4-7,14,16,18-22H,3,8-10,12-13H2,1-2H3/t14-,16+,18-,19-,20-,21?,22-/m0/s1. The van der Waals surface area contributed by atoms with Gasteiger partial charge in [0.25, 0.3) is 0 Å². The van der Waals surface area contributed by atoms with E-state index >= 15 is 0 Å². The Balaban J connectivity index is 1.25. The van der Waals surface area contributed by atoms with Crippen molar-refractivity contribution in [2.24, 2.45) is 11.8 Å². The van der Waals surface area contributed by atoms with E-state index < -0.39 is 0 Å². The first-order valence-electron chi connectivity index (χ1n) is 11.5. The first-order chi connectivity index (χ1) is 14.9. The number of piperidine rings is 1. The van der Waals surface area contributed by atoms with Crippen LogP contribution in [0.25, 0.3) is 0 Å². The molecule has 3 heterocycles. The molecular formula is C24H29FN4O2. The highest BCUT2D eigenvalue weighted by molar-refractivity contribution is 5.86. The number of piperazine rings is 1. The van der Waals surface area contributed by atoms with Gasteiger partial charge in [-0.15, -0.1) is 0 Å². The topological polar surface area (TPSA) is 67.7 Å². The molecule has 5 rings (SSSR count). The van der Waals surface area contributed by atoms with E-state index in [0.29, 0.717) is 12.5 Å². The van der Waals surface area contributed by atoms with Gasteiger partial charge in [0.15, 0.2) is 0 Å². The zero-order valence-electron chi connectivity index (χ0n) is 18.1. The zero-order chi connectivity index (χ0) is 21.9. The number of likely N-dealkylation sites (tertiary alicyclic amines) is 3. The summed E-state index contributed by atoms with van der Waals surface area (Å²) in [6.07, 6.45) is 3.40. The normalized spacial score (nSPS) is 33.4. The quantitative estimate of drug-likeness (QED) is 0.704. The Morgan fingerprint density at radius 1 is 1.26 bits per heavy atom. The number of nitrogens with zero attached hydrogens (tertiary/aromatic N) is 4. The van der Waals surface area contributed by atoms with Gasteiger partial charge in [-0.25, -0.2) is 4.39 Å². The van der Waals surface area contributed by atoms with Crippen LogP contribution >= 0.6 is 0 Å². The van der Waals surface area contributed by atoms with Gasteiger partial charge in [-0.1, -0.05) is 26.0 Å². The summed E-state index contributed by atoms with van der Waals surface area (Å²) in [5, 5.41) is 9.40. The van der Waals surface area contributed by atoms with Gasteiger partial charge in [0, 0.05) is 31.1 Å². The van der Waals surface area contributed by atoms with Crippen LogP contribution in [-0.4, -0.2) is 63.8 Å². The molecule has 1 unspecified atom stereocenters. The van der Waals surface area contributed by atoms with E-state index in [1.165, 1.54) is 12.1 Å². The third-order valence-electron chi connectivity index (χ3n) is 7.73. The Morgan fingerprint density at radius 2 is 2.00 bits per heavy atom. The van der Waals surface area contributed by atoms with Gasteiger partial charge in [-0.3, -0.25) is 14.5 Å². The maximum Gasteiger partial charge on any atom is 0.240 e.